The predicted molar refractivity (Wildman–Crippen MR) is 122 cm³/mol. The number of rotatable bonds is 4. The highest BCUT2D eigenvalue weighted by atomic mass is 35.5. The van der Waals surface area contributed by atoms with Gasteiger partial charge in [-0.3, -0.25) is 24.0 Å². The highest BCUT2D eigenvalue weighted by Gasteiger charge is 2.35. The number of pyridine rings is 1. The van der Waals surface area contributed by atoms with Gasteiger partial charge in [-0.05, 0) is 24.3 Å². The average molecular weight is 528 g/mol. The number of hydrogen-bond acceptors (Lipinski definition) is 6. The van der Waals surface area contributed by atoms with Gasteiger partial charge in [0, 0.05) is 19.3 Å². The summed E-state index contributed by atoms with van der Waals surface area (Å²) in [6.45, 7) is 0.107. The maximum Gasteiger partial charge on any atom is 0.431 e. The molecule has 0 aliphatic carbocycles. The maximum atomic E-state index is 14.7. The zero-order valence-electron chi connectivity index (χ0n) is 17.7. The van der Waals surface area contributed by atoms with E-state index in [2.05, 4.69) is 9.98 Å². The number of aromatic nitrogens is 3. The van der Waals surface area contributed by atoms with E-state index >= 15 is 0 Å². The zero-order chi connectivity index (χ0) is 25.5. The van der Waals surface area contributed by atoms with Crippen molar-refractivity contribution in [3.8, 4) is 5.69 Å². The first-order chi connectivity index (χ1) is 16.5. The Hall–Kier alpha value is -3.45. The fourth-order valence-electron chi connectivity index (χ4n) is 3.30. The first-order valence-electron chi connectivity index (χ1n) is 9.79. The van der Waals surface area contributed by atoms with Gasteiger partial charge in [-0.25, -0.2) is 18.7 Å². The first-order valence-corrected chi connectivity index (χ1v) is 11.1. The molecule has 3 heterocycles. The van der Waals surface area contributed by atoms with E-state index in [-0.39, 0.29) is 49.3 Å². The molecule has 0 saturated carbocycles. The molecule has 2 aromatic heterocycles. The normalized spacial score (nSPS) is 15.3. The molecule has 1 aliphatic heterocycles. The third kappa shape index (κ3) is 4.86. The molecular weight excluding hydrogens is 514 g/mol. The van der Waals surface area contributed by atoms with Gasteiger partial charge in [0.15, 0.2) is 5.17 Å². The number of amidine groups is 1. The van der Waals surface area contributed by atoms with Crippen LogP contribution in [0.4, 0.5) is 23.2 Å². The molecular formula is C21H14ClF4N5O3S. The summed E-state index contributed by atoms with van der Waals surface area (Å²) in [4.78, 5) is 47.2. The molecule has 182 valence electrons. The summed E-state index contributed by atoms with van der Waals surface area (Å²) in [5.41, 5.74) is -4.43. The third-order valence-electron chi connectivity index (χ3n) is 4.99. The molecule has 4 rings (SSSR count). The minimum absolute atomic E-state index is 0.0796. The molecule has 35 heavy (non-hydrogen) atoms. The van der Waals surface area contributed by atoms with E-state index in [9.17, 15) is 31.9 Å². The topological polar surface area (TPSA) is 89.6 Å². The van der Waals surface area contributed by atoms with E-state index in [0.717, 1.165) is 30.9 Å². The first kappa shape index (κ1) is 24.7. The lowest BCUT2D eigenvalue weighted by atomic mass is 10.2. The number of halogens is 5. The van der Waals surface area contributed by atoms with Crippen LogP contribution in [0.1, 0.15) is 11.4 Å². The summed E-state index contributed by atoms with van der Waals surface area (Å²) in [5, 5.41) is 0.0149. The predicted octanol–water partition coefficient (Wildman–Crippen LogP) is 3.51. The quantitative estimate of drug-likeness (QED) is 0.485. The standard InChI is InChI=1S/C21H14ClF4N5O3S/c1-29-16(21(24,25)26)8-17(32)31(20(29)34)15-7-14(12(22)6-13(15)23)28-19-30(18(33)10-35-19)9-11-4-2-3-5-27-11/h2-8H,9-10H2,1H3/b28-19-. The Morgan fingerprint density at radius 3 is 2.57 bits per heavy atom. The van der Waals surface area contributed by atoms with Gasteiger partial charge in [0.1, 0.15) is 11.5 Å². The van der Waals surface area contributed by atoms with Crippen molar-refractivity contribution in [3.63, 3.8) is 0 Å². The van der Waals surface area contributed by atoms with E-state index in [0.29, 0.717) is 5.69 Å². The van der Waals surface area contributed by atoms with Gasteiger partial charge in [-0.1, -0.05) is 29.4 Å². The van der Waals surface area contributed by atoms with Crippen LogP contribution in [0.5, 0.6) is 0 Å². The van der Waals surface area contributed by atoms with E-state index in [4.69, 9.17) is 11.6 Å². The second-order valence-corrected chi connectivity index (χ2v) is 8.63. The molecule has 0 unspecified atom stereocenters. The van der Waals surface area contributed by atoms with Crippen molar-refractivity contribution in [3.05, 3.63) is 85.7 Å². The average Bonchev–Trinajstić information content (AvgIpc) is 3.12. The number of benzene rings is 1. The third-order valence-corrected chi connectivity index (χ3v) is 6.25. The van der Waals surface area contributed by atoms with Crippen LogP contribution in [0, 0.1) is 5.82 Å². The smallest absolute Gasteiger partial charge is 0.292 e. The summed E-state index contributed by atoms with van der Waals surface area (Å²) in [6.07, 6.45) is -3.41. The van der Waals surface area contributed by atoms with Crippen molar-refractivity contribution in [1.29, 1.82) is 0 Å². The van der Waals surface area contributed by atoms with E-state index in [1.165, 1.54) is 4.90 Å². The number of carbonyl (C=O) groups excluding carboxylic acids is 1. The van der Waals surface area contributed by atoms with Crippen LogP contribution in [0.15, 0.2) is 57.2 Å². The number of aliphatic imine (C=N–C) groups is 1. The van der Waals surface area contributed by atoms with Crippen molar-refractivity contribution in [1.82, 2.24) is 19.0 Å². The van der Waals surface area contributed by atoms with Crippen LogP contribution >= 0.6 is 23.4 Å². The van der Waals surface area contributed by atoms with Crippen molar-refractivity contribution in [2.24, 2.45) is 12.0 Å². The Balaban J connectivity index is 1.81. The van der Waals surface area contributed by atoms with Crippen molar-refractivity contribution in [2.75, 3.05) is 5.75 Å². The lowest BCUT2D eigenvalue weighted by Gasteiger charge is -2.16. The Bertz CT molecular complexity index is 1470. The Morgan fingerprint density at radius 1 is 1.17 bits per heavy atom. The van der Waals surface area contributed by atoms with E-state index in [1.54, 1.807) is 24.4 Å². The molecule has 14 heteroatoms. The summed E-state index contributed by atoms with van der Waals surface area (Å²) in [6, 6.07) is 7.11. The molecule has 0 bridgehead atoms. The molecule has 0 atom stereocenters. The largest absolute Gasteiger partial charge is 0.431 e. The minimum Gasteiger partial charge on any atom is -0.292 e. The fourth-order valence-corrected chi connectivity index (χ4v) is 4.38. The second kappa shape index (κ2) is 9.30. The van der Waals surface area contributed by atoms with Crippen molar-refractivity contribution in [2.45, 2.75) is 12.7 Å². The van der Waals surface area contributed by atoms with Crippen LogP contribution in [-0.4, -0.2) is 35.8 Å². The van der Waals surface area contributed by atoms with Gasteiger partial charge in [0.25, 0.3) is 5.56 Å². The van der Waals surface area contributed by atoms with Crippen molar-refractivity contribution < 1.29 is 22.4 Å². The Morgan fingerprint density at radius 2 is 1.91 bits per heavy atom. The fraction of sp³-hybridized carbons (Fsp3) is 0.190. The summed E-state index contributed by atoms with van der Waals surface area (Å²) in [7, 11) is 0.812. The SMILES string of the molecule is Cn1c(C(F)(F)F)cc(=O)n(-c2cc(/N=C3\SCC(=O)N3Cc3ccccn3)c(Cl)cc2F)c1=O. The zero-order valence-corrected chi connectivity index (χ0v) is 19.3. The van der Waals surface area contributed by atoms with Crippen molar-refractivity contribution >= 4 is 40.1 Å². The van der Waals surface area contributed by atoms with Gasteiger partial charge < -0.3 is 0 Å². The minimum atomic E-state index is -4.97. The lowest BCUT2D eigenvalue weighted by molar-refractivity contribution is -0.144. The number of alkyl halides is 3. The summed E-state index contributed by atoms with van der Waals surface area (Å²) in [5.74, 6) is -1.31. The van der Waals surface area contributed by atoms with Gasteiger partial charge >= 0.3 is 11.9 Å². The van der Waals surface area contributed by atoms with Crippen LogP contribution in [0.25, 0.3) is 5.69 Å². The van der Waals surface area contributed by atoms with Crippen LogP contribution in [0.3, 0.4) is 0 Å². The number of hydrogen-bond donors (Lipinski definition) is 0. The highest BCUT2D eigenvalue weighted by Crippen LogP contribution is 2.33. The monoisotopic (exact) mass is 527 g/mol. The summed E-state index contributed by atoms with van der Waals surface area (Å²) >= 11 is 7.20. The highest BCUT2D eigenvalue weighted by molar-refractivity contribution is 8.15. The molecule has 0 N–H and O–H groups in total. The lowest BCUT2D eigenvalue weighted by Crippen LogP contribution is -2.41. The van der Waals surface area contributed by atoms with Gasteiger partial charge in [0.05, 0.1) is 34.4 Å². The van der Waals surface area contributed by atoms with Crippen LogP contribution in [0.2, 0.25) is 5.02 Å². The number of thioether (sulfide) groups is 1. The molecule has 3 aromatic rings. The maximum absolute atomic E-state index is 14.7. The molecule has 0 radical (unpaired) electrons. The molecule has 1 amide bonds. The molecule has 0 spiro atoms. The molecule has 8 nitrogen and oxygen atoms in total. The molecule has 1 fully saturated rings. The van der Waals surface area contributed by atoms with Gasteiger partial charge in [-0.2, -0.15) is 13.2 Å². The number of amides is 1. The Labute approximate surface area is 203 Å². The second-order valence-electron chi connectivity index (χ2n) is 7.28. The molecule has 1 saturated heterocycles. The Kier molecular flexibility index (Phi) is 6.56. The molecule has 1 aromatic carbocycles. The van der Waals surface area contributed by atoms with E-state index in [1.807, 2.05) is 0 Å². The number of carbonyl (C=O) groups is 1. The van der Waals surface area contributed by atoms with Gasteiger partial charge in [0.2, 0.25) is 5.91 Å². The van der Waals surface area contributed by atoms with E-state index < -0.39 is 34.6 Å². The number of nitrogens with zero attached hydrogens (tertiary/aromatic N) is 5. The molecule has 1 aliphatic rings. The van der Waals surface area contributed by atoms with Gasteiger partial charge in [-0.15, -0.1) is 0 Å². The van der Waals surface area contributed by atoms with Crippen LogP contribution in [-0.2, 0) is 24.6 Å². The van der Waals surface area contributed by atoms with Crippen LogP contribution < -0.4 is 11.2 Å². The summed E-state index contributed by atoms with van der Waals surface area (Å²) < 4.78 is 54.6.